The van der Waals surface area contributed by atoms with Gasteiger partial charge in [-0.05, 0) is 98.1 Å². The molecule has 5 atom stereocenters. The van der Waals surface area contributed by atoms with Crippen molar-refractivity contribution in [3.63, 3.8) is 0 Å². The van der Waals surface area contributed by atoms with Crippen LogP contribution in [0.3, 0.4) is 0 Å². The summed E-state index contributed by atoms with van der Waals surface area (Å²) in [5.41, 5.74) is 2.85. The van der Waals surface area contributed by atoms with Crippen molar-refractivity contribution in [2.24, 2.45) is 28.2 Å². The number of likely N-dealkylation sites (tertiary alicyclic amines) is 1. The van der Waals surface area contributed by atoms with Crippen LogP contribution >= 0.6 is 0 Å². The number of aliphatic imine (C=N–C) groups is 1. The number of nitrogens with one attached hydrogen (secondary N) is 2. The van der Waals surface area contributed by atoms with Gasteiger partial charge in [0.2, 0.25) is 0 Å². The van der Waals surface area contributed by atoms with Crippen LogP contribution < -0.4 is 16.2 Å². The maximum atomic E-state index is 14.1. The van der Waals surface area contributed by atoms with Gasteiger partial charge < -0.3 is 20.6 Å². The topological polar surface area (TPSA) is 98.0 Å². The number of rotatable bonds is 7. The van der Waals surface area contributed by atoms with Crippen molar-refractivity contribution in [2.75, 3.05) is 38.0 Å². The molecule has 8 rings (SSSR count). The molecule has 258 valence electrons. The number of hydrogen-bond donors (Lipinski definition) is 3. The average Bonchev–Trinajstić information content (AvgIpc) is 3.06. The highest BCUT2D eigenvalue weighted by Gasteiger charge is 2.56. The lowest BCUT2D eigenvalue weighted by molar-refractivity contribution is -0.108. The van der Waals surface area contributed by atoms with Gasteiger partial charge in [0.1, 0.15) is 11.6 Å². The van der Waals surface area contributed by atoms with Crippen molar-refractivity contribution < 1.29 is 9.50 Å². The minimum Gasteiger partial charge on any atom is -0.393 e. The molecule has 0 spiro atoms. The van der Waals surface area contributed by atoms with Gasteiger partial charge in [-0.25, -0.2) is 14.4 Å². The SMILES string of the molecule is CC1CN(C(=NC2CC3CC(C2C)C3(C)C)Nc2ccc3c(=O)n(CCc4ccc(F)cc4)c(CN4CCC(O)CC4)nc3c2)CCN1. The fourth-order valence-electron chi connectivity index (χ4n) is 8.76. The second-order valence-electron chi connectivity index (χ2n) is 15.5. The number of benzene rings is 2. The van der Waals surface area contributed by atoms with Crippen molar-refractivity contribution in [1.82, 2.24) is 24.7 Å². The quantitative estimate of drug-likeness (QED) is 0.247. The van der Waals surface area contributed by atoms with Crippen LogP contribution in [0.1, 0.15) is 64.8 Å². The molecule has 10 heteroatoms. The van der Waals surface area contributed by atoms with Crippen LogP contribution in [-0.4, -0.2) is 81.3 Å². The van der Waals surface area contributed by atoms with E-state index in [2.05, 4.69) is 48.1 Å². The first-order chi connectivity index (χ1) is 23.0. The van der Waals surface area contributed by atoms with Gasteiger partial charge in [-0.2, -0.15) is 0 Å². The first-order valence-electron chi connectivity index (χ1n) is 18.1. The molecule has 2 aliphatic heterocycles. The van der Waals surface area contributed by atoms with Gasteiger partial charge in [-0.15, -0.1) is 0 Å². The summed E-state index contributed by atoms with van der Waals surface area (Å²) in [5.74, 6) is 3.34. The summed E-state index contributed by atoms with van der Waals surface area (Å²) >= 11 is 0. The van der Waals surface area contributed by atoms with Crippen LogP contribution in [0.4, 0.5) is 10.1 Å². The monoisotopic (exact) mass is 657 g/mol. The molecule has 3 aromatic rings. The highest BCUT2D eigenvalue weighted by Crippen LogP contribution is 2.61. The fourth-order valence-corrected chi connectivity index (χ4v) is 8.76. The number of aliphatic hydroxyl groups excluding tert-OH is 1. The van der Waals surface area contributed by atoms with E-state index in [9.17, 15) is 14.3 Å². The second-order valence-corrected chi connectivity index (χ2v) is 15.5. The standard InChI is InChI=1S/C38H52FN7O2/c1-24-22-45(18-14-40-24)37(43-33-20-27-19-32(25(33)2)38(27,3)4)41-29-9-10-31-34(21-29)42-35(23-44-15-12-30(47)13-16-44)46(36(31)48)17-11-26-5-7-28(39)8-6-26/h5-10,21,24-25,27,30,32-33,40,47H,11-20,22-23H2,1-4H3,(H,41,43). The number of aromatic nitrogens is 2. The summed E-state index contributed by atoms with van der Waals surface area (Å²) in [6.07, 6.45) is 4.21. The van der Waals surface area contributed by atoms with Crippen LogP contribution in [0.5, 0.6) is 0 Å². The number of aliphatic hydroxyl groups is 1. The Balaban J connectivity index is 1.20. The van der Waals surface area contributed by atoms with Gasteiger partial charge >= 0.3 is 0 Å². The number of nitrogens with zero attached hydrogens (tertiary/aromatic N) is 5. The number of halogens is 1. The van der Waals surface area contributed by atoms with Crippen molar-refractivity contribution in [3.8, 4) is 0 Å². The van der Waals surface area contributed by atoms with Gasteiger partial charge in [0.25, 0.3) is 5.56 Å². The normalized spacial score (nSPS) is 28.0. The summed E-state index contributed by atoms with van der Waals surface area (Å²) in [5, 5.41) is 17.9. The zero-order valence-electron chi connectivity index (χ0n) is 29.0. The molecule has 3 N–H and O–H groups in total. The van der Waals surface area contributed by atoms with Crippen molar-refractivity contribution in [3.05, 3.63) is 70.0 Å². The predicted octanol–water partition coefficient (Wildman–Crippen LogP) is 4.87. The zero-order chi connectivity index (χ0) is 33.6. The zero-order valence-corrected chi connectivity index (χ0v) is 29.0. The summed E-state index contributed by atoms with van der Waals surface area (Å²) in [6.45, 7) is 14.6. The summed E-state index contributed by atoms with van der Waals surface area (Å²) in [6, 6.07) is 13.0. The molecule has 0 amide bonds. The third kappa shape index (κ3) is 6.76. The Morgan fingerprint density at radius 3 is 2.58 bits per heavy atom. The molecule has 3 aliphatic carbocycles. The summed E-state index contributed by atoms with van der Waals surface area (Å²) < 4.78 is 15.3. The second kappa shape index (κ2) is 13.5. The van der Waals surface area contributed by atoms with E-state index in [0.29, 0.717) is 72.4 Å². The molecule has 0 radical (unpaired) electrons. The molecule has 9 nitrogen and oxygen atoms in total. The Bertz CT molecular complexity index is 1700. The van der Waals surface area contributed by atoms with Crippen LogP contribution in [0, 0.1) is 29.0 Å². The van der Waals surface area contributed by atoms with E-state index in [4.69, 9.17) is 9.98 Å². The van der Waals surface area contributed by atoms with E-state index in [1.54, 1.807) is 16.7 Å². The first-order valence-corrected chi connectivity index (χ1v) is 18.1. The van der Waals surface area contributed by atoms with E-state index < -0.39 is 0 Å². The highest BCUT2D eigenvalue weighted by atomic mass is 19.1. The number of guanidine groups is 1. The first kappa shape index (κ1) is 33.2. The van der Waals surface area contributed by atoms with Gasteiger partial charge in [0, 0.05) is 51.0 Å². The molecule has 5 aliphatic rings. The maximum Gasteiger partial charge on any atom is 0.261 e. The maximum absolute atomic E-state index is 14.1. The van der Waals surface area contributed by atoms with Gasteiger partial charge in [-0.1, -0.05) is 32.9 Å². The van der Waals surface area contributed by atoms with Crippen LogP contribution in [0.15, 0.2) is 52.3 Å². The van der Waals surface area contributed by atoms with Crippen molar-refractivity contribution >= 4 is 22.5 Å². The van der Waals surface area contributed by atoms with Crippen molar-refractivity contribution in [2.45, 2.75) is 91.1 Å². The molecule has 3 saturated carbocycles. The number of piperazine rings is 1. The van der Waals surface area contributed by atoms with Gasteiger partial charge in [0.05, 0.1) is 29.6 Å². The Hall–Kier alpha value is -3.34. The van der Waals surface area contributed by atoms with Gasteiger partial charge in [0.15, 0.2) is 5.96 Å². The largest absolute Gasteiger partial charge is 0.393 e. The number of aryl methyl sites for hydroxylation is 1. The Morgan fingerprint density at radius 2 is 1.88 bits per heavy atom. The minimum atomic E-state index is -0.275. The summed E-state index contributed by atoms with van der Waals surface area (Å²) in [7, 11) is 0. The van der Waals surface area contributed by atoms with E-state index in [-0.39, 0.29) is 23.5 Å². The average molecular weight is 658 g/mol. The molecule has 3 heterocycles. The van der Waals surface area contributed by atoms with Gasteiger partial charge in [-0.3, -0.25) is 14.3 Å². The van der Waals surface area contributed by atoms with E-state index in [1.807, 2.05) is 18.2 Å². The van der Waals surface area contributed by atoms with Crippen LogP contribution in [0.25, 0.3) is 10.9 Å². The van der Waals surface area contributed by atoms with E-state index in [1.165, 1.54) is 18.6 Å². The lowest BCUT2D eigenvalue weighted by atomic mass is 9.45. The molecule has 2 aromatic carbocycles. The van der Waals surface area contributed by atoms with E-state index in [0.717, 1.165) is 62.3 Å². The lowest BCUT2D eigenvalue weighted by Gasteiger charge is -2.61. The molecule has 5 fully saturated rings. The Morgan fingerprint density at radius 1 is 1.10 bits per heavy atom. The Labute approximate surface area is 283 Å². The smallest absolute Gasteiger partial charge is 0.261 e. The molecular formula is C38H52FN7O2. The number of piperidine rings is 1. The van der Waals surface area contributed by atoms with Crippen LogP contribution in [-0.2, 0) is 19.5 Å². The molecule has 2 saturated heterocycles. The number of anilines is 1. The number of hydrogen-bond acceptors (Lipinski definition) is 6. The minimum absolute atomic E-state index is 0.0663. The molecule has 1 aromatic heterocycles. The number of fused-ring (bicyclic) bond motifs is 3. The molecular weight excluding hydrogens is 605 g/mol. The third-order valence-electron chi connectivity index (χ3n) is 12.0. The third-order valence-corrected chi connectivity index (χ3v) is 12.0. The molecule has 5 unspecified atom stereocenters. The predicted molar refractivity (Wildman–Crippen MR) is 190 cm³/mol. The summed E-state index contributed by atoms with van der Waals surface area (Å²) in [4.78, 5) is 29.3. The lowest BCUT2D eigenvalue weighted by Crippen LogP contribution is -2.57. The van der Waals surface area contributed by atoms with Crippen molar-refractivity contribution in [1.29, 1.82) is 0 Å². The fraction of sp³-hybridized carbons (Fsp3) is 0.605. The molecule has 48 heavy (non-hydrogen) atoms. The van der Waals surface area contributed by atoms with E-state index >= 15 is 0 Å². The van der Waals surface area contributed by atoms with Crippen LogP contribution in [0.2, 0.25) is 0 Å². The highest BCUT2D eigenvalue weighted by molar-refractivity contribution is 5.96. The Kier molecular flexibility index (Phi) is 9.34. The molecule has 2 bridgehead atoms.